The number of hydrogen-bond donors (Lipinski definition) is 1. The first kappa shape index (κ1) is 8.66. The molecule has 2 rings (SSSR count). The molecule has 1 heterocycles. The Hall–Kier alpha value is -0.930. The van der Waals surface area contributed by atoms with Crippen molar-refractivity contribution in [3.05, 3.63) is 23.2 Å². The van der Waals surface area contributed by atoms with Crippen LogP contribution in [-0.4, -0.2) is 12.2 Å². The highest BCUT2D eigenvalue weighted by Gasteiger charge is 2.08. The van der Waals surface area contributed by atoms with Crippen molar-refractivity contribution in [2.45, 2.75) is 0 Å². The van der Waals surface area contributed by atoms with Crippen molar-refractivity contribution in [3.63, 3.8) is 0 Å². The number of hydrogen-bond acceptors (Lipinski definition) is 3. The first-order valence-corrected chi connectivity index (χ1v) is 4.87. The number of aromatic hydroxyl groups is 1. The molecule has 2 nitrogen and oxygen atoms in total. The molecule has 0 bridgehead atoms. The molecule has 0 saturated carbocycles. The molecule has 0 atom stereocenters. The Bertz CT molecular complexity index is 450. The van der Waals surface area contributed by atoms with Crippen LogP contribution >= 0.6 is 22.9 Å². The van der Waals surface area contributed by atoms with E-state index < -0.39 is 0 Å². The molecule has 1 aromatic heterocycles. The zero-order chi connectivity index (χ0) is 9.42. The number of thiophene rings is 1. The van der Waals surface area contributed by atoms with Crippen molar-refractivity contribution in [1.82, 2.24) is 0 Å². The SMILES string of the molecule is COc1ccc(Cl)c2sc(O)cc12. The van der Waals surface area contributed by atoms with Gasteiger partial charge in [-0.2, -0.15) is 0 Å². The normalized spacial score (nSPS) is 10.6. The Balaban J connectivity index is 2.83. The van der Waals surface area contributed by atoms with E-state index in [1.54, 1.807) is 25.3 Å². The molecule has 0 aliphatic heterocycles. The molecule has 4 heteroatoms. The van der Waals surface area contributed by atoms with Crippen molar-refractivity contribution in [2.24, 2.45) is 0 Å². The number of benzene rings is 1. The largest absolute Gasteiger partial charge is 0.499 e. The molecule has 2 aromatic rings. The highest BCUT2D eigenvalue weighted by Crippen LogP contribution is 2.40. The van der Waals surface area contributed by atoms with Crippen LogP contribution in [0.2, 0.25) is 5.02 Å². The molecule has 1 N–H and O–H groups in total. The maximum atomic E-state index is 9.30. The Morgan fingerprint density at radius 1 is 1.46 bits per heavy atom. The smallest absolute Gasteiger partial charge is 0.172 e. The fourth-order valence-corrected chi connectivity index (χ4v) is 2.33. The highest BCUT2D eigenvalue weighted by atomic mass is 35.5. The van der Waals surface area contributed by atoms with Gasteiger partial charge in [-0.3, -0.25) is 0 Å². The van der Waals surface area contributed by atoms with Gasteiger partial charge in [0.25, 0.3) is 0 Å². The van der Waals surface area contributed by atoms with Crippen LogP contribution in [-0.2, 0) is 0 Å². The minimum atomic E-state index is 0.251. The summed E-state index contributed by atoms with van der Waals surface area (Å²) in [5.74, 6) is 0.732. The van der Waals surface area contributed by atoms with Gasteiger partial charge in [0.15, 0.2) is 5.06 Å². The molecular formula is C9H7ClO2S. The van der Waals surface area contributed by atoms with Crippen molar-refractivity contribution in [3.8, 4) is 10.8 Å². The molecule has 1 aromatic carbocycles. The van der Waals surface area contributed by atoms with Crippen molar-refractivity contribution < 1.29 is 9.84 Å². The molecule has 13 heavy (non-hydrogen) atoms. The second-order valence-corrected chi connectivity index (χ2v) is 4.01. The lowest BCUT2D eigenvalue weighted by Crippen LogP contribution is -1.81. The zero-order valence-corrected chi connectivity index (χ0v) is 8.45. The number of methoxy groups -OCH3 is 1. The van der Waals surface area contributed by atoms with E-state index in [0.717, 1.165) is 15.8 Å². The third-order valence-electron chi connectivity index (χ3n) is 1.80. The summed E-state index contributed by atoms with van der Waals surface area (Å²) in [7, 11) is 1.59. The van der Waals surface area contributed by atoms with E-state index in [-0.39, 0.29) is 5.06 Å². The maximum Gasteiger partial charge on any atom is 0.172 e. The Morgan fingerprint density at radius 3 is 2.92 bits per heavy atom. The van der Waals surface area contributed by atoms with E-state index in [4.69, 9.17) is 16.3 Å². The van der Waals surface area contributed by atoms with E-state index in [0.29, 0.717) is 5.02 Å². The van der Waals surface area contributed by atoms with Crippen LogP contribution in [0.4, 0.5) is 0 Å². The van der Waals surface area contributed by atoms with Crippen LogP contribution in [0, 0.1) is 0 Å². The van der Waals surface area contributed by atoms with E-state index in [1.165, 1.54) is 11.3 Å². The third-order valence-corrected chi connectivity index (χ3v) is 3.20. The predicted octanol–water partition coefficient (Wildman–Crippen LogP) is 3.27. The summed E-state index contributed by atoms with van der Waals surface area (Å²) < 4.78 is 5.99. The molecule has 0 aliphatic carbocycles. The molecular weight excluding hydrogens is 208 g/mol. The molecule has 0 fully saturated rings. The lowest BCUT2D eigenvalue weighted by Gasteiger charge is -2.01. The van der Waals surface area contributed by atoms with E-state index >= 15 is 0 Å². The topological polar surface area (TPSA) is 29.5 Å². The molecule has 0 saturated heterocycles. The highest BCUT2D eigenvalue weighted by molar-refractivity contribution is 7.21. The standard InChI is InChI=1S/C9H7ClO2S/c1-12-7-3-2-6(10)9-5(7)4-8(11)13-9/h2-4,11H,1H3. The fraction of sp³-hybridized carbons (Fsp3) is 0.111. The Kier molecular flexibility index (Phi) is 2.06. The van der Waals surface area contributed by atoms with E-state index in [9.17, 15) is 5.11 Å². The van der Waals surface area contributed by atoms with Crippen molar-refractivity contribution >= 4 is 33.0 Å². The zero-order valence-electron chi connectivity index (χ0n) is 6.87. The number of halogens is 1. The quantitative estimate of drug-likeness (QED) is 0.790. The lowest BCUT2D eigenvalue weighted by molar-refractivity contribution is 0.419. The summed E-state index contributed by atoms with van der Waals surface area (Å²) in [6, 6.07) is 5.21. The average molecular weight is 215 g/mol. The molecule has 68 valence electrons. The van der Waals surface area contributed by atoms with Gasteiger partial charge in [0.05, 0.1) is 16.8 Å². The first-order valence-electron chi connectivity index (χ1n) is 3.67. The van der Waals surface area contributed by atoms with Gasteiger partial charge in [-0.25, -0.2) is 0 Å². The van der Waals surface area contributed by atoms with Crippen LogP contribution < -0.4 is 4.74 Å². The minimum absolute atomic E-state index is 0.251. The fourth-order valence-electron chi connectivity index (χ4n) is 1.23. The van der Waals surface area contributed by atoms with Gasteiger partial charge < -0.3 is 9.84 Å². The molecule has 0 spiro atoms. The number of rotatable bonds is 1. The molecule has 0 radical (unpaired) electrons. The number of fused-ring (bicyclic) bond motifs is 1. The summed E-state index contributed by atoms with van der Waals surface area (Å²) in [5.41, 5.74) is 0. The summed E-state index contributed by atoms with van der Waals surface area (Å²) >= 11 is 7.19. The monoisotopic (exact) mass is 214 g/mol. The van der Waals surface area contributed by atoms with Gasteiger partial charge in [0.1, 0.15) is 5.75 Å². The van der Waals surface area contributed by atoms with Gasteiger partial charge >= 0.3 is 0 Å². The Morgan fingerprint density at radius 2 is 2.23 bits per heavy atom. The van der Waals surface area contributed by atoms with Crippen molar-refractivity contribution in [1.29, 1.82) is 0 Å². The summed E-state index contributed by atoms with van der Waals surface area (Å²) in [5, 5.41) is 11.1. The predicted molar refractivity (Wildman–Crippen MR) is 55.1 cm³/mol. The third kappa shape index (κ3) is 1.34. The number of ether oxygens (including phenoxy) is 1. The second kappa shape index (κ2) is 3.09. The molecule has 0 unspecified atom stereocenters. The van der Waals surface area contributed by atoms with Crippen LogP contribution in [0.5, 0.6) is 10.8 Å². The van der Waals surface area contributed by atoms with Crippen molar-refractivity contribution in [2.75, 3.05) is 7.11 Å². The van der Waals surface area contributed by atoms with Gasteiger partial charge in [-0.15, -0.1) is 0 Å². The Labute approximate surface area is 84.3 Å². The maximum absolute atomic E-state index is 9.30. The summed E-state index contributed by atoms with van der Waals surface area (Å²) in [6.07, 6.45) is 0. The van der Waals surface area contributed by atoms with E-state index in [1.807, 2.05) is 0 Å². The van der Waals surface area contributed by atoms with Crippen LogP contribution in [0.15, 0.2) is 18.2 Å². The van der Waals surface area contributed by atoms with Gasteiger partial charge in [0.2, 0.25) is 0 Å². The lowest BCUT2D eigenvalue weighted by atomic mass is 10.2. The van der Waals surface area contributed by atoms with Crippen LogP contribution in [0.25, 0.3) is 10.1 Å². The van der Waals surface area contributed by atoms with Gasteiger partial charge in [-0.1, -0.05) is 22.9 Å². The average Bonchev–Trinajstić information content (AvgIpc) is 2.48. The summed E-state index contributed by atoms with van der Waals surface area (Å²) in [6.45, 7) is 0. The van der Waals surface area contributed by atoms with Crippen LogP contribution in [0.1, 0.15) is 0 Å². The summed E-state index contributed by atoms with van der Waals surface area (Å²) in [4.78, 5) is 0. The first-order chi connectivity index (χ1) is 6.22. The van der Waals surface area contributed by atoms with E-state index in [2.05, 4.69) is 0 Å². The van der Waals surface area contributed by atoms with Gasteiger partial charge in [-0.05, 0) is 12.1 Å². The second-order valence-electron chi connectivity index (χ2n) is 2.58. The van der Waals surface area contributed by atoms with Gasteiger partial charge in [0, 0.05) is 11.5 Å². The minimum Gasteiger partial charge on any atom is -0.499 e. The van der Waals surface area contributed by atoms with Crippen LogP contribution in [0.3, 0.4) is 0 Å². The molecule has 0 aliphatic rings. The molecule has 0 amide bonds.